The number of hydrogen-bond donors (Lipinski definition) is 1. The third-order valence-corrected chi connectivity index (χ3v) is 3.52. The number of alkyl halides is 3. The van der Waals surface area contributed by atoms with Crippen LogP contribution in [-0.2, 0) is 6.18 Å². The summed E-state index contributed by atoms with van der Waals surface area (Å²) in [5.74, 6) is 0. The van der Waals surface area contributed by atoms with Gasteiger partial charge in [0.25, 0.3) is 0 Å². The average Bonchev–Trinajstić information content (AvgIpc) is 2.76. The molecule has 1 saturated heterocycles. The number of rotatable bonds is 3. The Balaban J connectivity index is 2.32. The molecule has 108 valence electrons. The molecule has 0 amide bonds. The standard InChI is InChI=1S/C14H15F3N2O/c15-14(16,17)12-5-2-1-4-11(12)13-8-10(20)9-19(13)7-3-6-18/h1-2,4-5,10,13,20H,3,7-9H2. The van der Waals surface area contributed by atoms with Crippen LogP contribution >= 0.6 is 0 Å². The molecule has 0 radical (unpaired) electrons. The zero-order valence-corrected chi connectivity index (χ0v) is 10.8. The van der Waals surface area contributed by atoms with Crippen LogP contribution in [0.25, 0.3) is 0 Å². The van der Waals surface area contributed by atoms with E-state index >= 15 is 0 Å². The maximum Gasteiger partial charge on any atom is 0.416 e. The summed E-state index contributed by atoms with van der Waals surface area (Å²) >= 11 is 0. The second-order valence-electron chi connectivity index (χ2n) is 4.89. The first-order valence-corrected chi connectivity index (χ1v) is 6.38. The molecule has 1 fully saturated rings. The van der Waals surface area contributed by atoms with Gasteiger partial charge in [0.1, 0.15) is 0 Å². The molecule has 1 N–H and O–H groups in total. The Hall–Kier alpha value is -1.58. The third-order valence-electron chi connectivity index (χ3n) is 3.52. The van der Waals surface area contributed by atoms with Gasteiger partial charge in [-0.1, -0.05) is 18.2 Å². The minimum absolute atomic E-state index is 0.175. The first kappa shape index (κ1) is 14.8. The Kier molecular flexibility index (Phi) is 4.31. The van der Waals surface area contributed by atoms with Gasteiger partial charge in [-0.15, -0.1) is 0 Å². The predicted octanol–water partition coefficient (Wildman–Crippen LogP) is 2.73. The van der Waals surface area contributed by atoms with Crippen molar-refractivity contribution >= 4 is 0 Å². The van der Waals surface area contributed by atoms with E-state index in [0.29, 0.717) is 13.1 Å². The van der Waals surface area contributed by atoms with Crippen LogP contribution in [-0.4, -0.2) is 29.2 Å². The van der Waals surface area contributed by atoms with Crippen molar-refractivity contribution < 1.29 is 18.3 Å². The van der Waals surface area contributed by atoms with Crippen molar-refractivity contribution in [3.8, 4) is 6.07 Å². The largest absolute Gasteiger partial charge is 0.416 e. The molecule has 0 bridgehead atoms. The van der Waals surface area contributed by atoms with E-state index in [9.17, 15) is 18.3 Å². The number of halogens is 3. The topological polar surface area (TPSA) is 47.3 Å². The number of nitrogens with zero attached hydrogens (tertiary/aromatic N) is 2. The minimum atomic E-state index is -4.41. The summed E-state index contributed by atoms with van der Waals surface area (Å²) in [7, 11) is 0. The quantitative estimate of drug-likeness (QED) is 0.928. The van der Waals surface area contributed by atoms with E-state index < -0.39 is 23.9 Å². The van der Waals surface area contributed by atoms with Gasteiger partial charge in [-0.05, 0) is 18.1 Å². The highest BCUT2D eigenvalue weighted by Gasteiger charge is 2.39. The van der Waals surface area contributed by atoms with E-state index in [0.717, 1.165) is 6.07 Å². The van der Waals surface area contributed by atoms with Gasteiger partial charge >= 0.3 is 6.18 Å². The van der Waals surface area contributed by atoms with Crippen LogP contribution in [0.2, 0.25) is 0 Å². The highest BCUT2D eigenvalue weighted by atomic mass is 19.4. The van der Waals surface area contributed by atoms with Crippen LogP contribution in [0.1, 0.15) is 30.0 Å². The molecular formula is C14H15F3N2O. The molecule has 0 spiro atoms. The fourth-order valence-corrected chi connectivity index (χ4v) is 2.69. The maximum absolute atomic E-state index is 13.0. The van der Waals surface area contributed by atoms with Gasteiger partial charge in [-0.25, -0.2) is 0 Å². The van der Waals surface area contributed by atoms with Gasteiger partial charge in [0.15, 0.2) is 0 Å². The fourth-order valence-electron chi connectivity index (χ4n) is 2.69. The lowest BCUT2D eigenvalue weighted by Gasteiger charge is -2.26. The number of nitriles is 1. The summed E-state index contributed by atoms with van der Waals surface area (Å²) in [6, 6.07) is 6.92. The van der Waals surface area contributed by atoms with Crippen LogP contribution < -0.4 is 0 Å². The maximum atomic E-state index is 13.0. The summed E-state index contributed by atoms with van der Waals surface area (Å²) in [6.45, 7) is 0.670. The minimum Gasteiger partial charge on any atom is -0.392 e. The van der Waals surface area contributed by atoms with E-state index in [1.54, 1.807) is 11.0 Å². The summed E-state index contributed by atoms with van der Waals surface area (Å²) in [6.07, 6.45) is -4.57. The van der Waals surface area contributed by atoms with E-state index in [-0.39, 0.29) is 18.4 Å². The van der Waals surface area contributed by atoms with Crippen LogP contribution in [0.5, 0.6) is 0 Å². The number of benzene rings is 1. The van der Waals surface area contributed by atoms with E-state index in [4.69, 9.17) is 5.26 Å². The molecule has 1 aliphatic heterocycles. The molecule has 0 aromatic heterocycles. The average molecular weight is 284 g/mol. The van der Waals surface area contributed by atoms with Gasteiger partial charge in [0.2, 0.25) is 0 Å². The molecule has 2 unspecified atom stereocenters. The molecule has 3 nitrogen and oxygen atoms in total. The zero-order chi connectivity index (χ0) is 14.8. The molecule has 2 rings (SSSR count). The number of likely N-dealkylation sites (tertiary alicyclic amines) is 1. The summed E-state index contributed by atoms with van der Waals surface area (Å²) in [5, 5.41) is 18.3. The Morgan fingerprint density at radius 1 is 1.35 bits per heavy atom. The van der Waals surface area contributed by atoms with Crippen LogP contribution in [0, 0.1) is 11.3 Å². The summed E-state index contributed by atoms with van der Waals surface area (Å²) < 4.78 is 39.1. The van der Waals surface area contributed by atoms with E-state index in [1.165, 1.54) is 12.1 Å². The fraction of sp³-hybridized carbons (Fsp3) is 0.500. The molecule has 1 aliphatic rings. The Morgan fingerprint density at radius 3 is 2.70 bits per heavy atom. The summed E-state index contributed by atoms with van der Waals surface area (Å²) in [4.78, 5) is 1.75. The zero-order valence-electron chi connectivity index (χ0n) is 10.8. The van der Waals surface area contributed by atoms with Crippen molar-refractivity contribution in [3.05, 3.63) is 35.4 Å². The van der Waals surface area contributed by atoms with Crippen molar-refractivity contribution in [3.63, 3.8) is 0 Å². The molecule has 2 atom stereocenters. The van der Waals surface area contributed by atoms with Crippen molar-refractivity contribution in [2.45, 2.75) is 31.2 Å². The van der Waals surface area contributed by atoms with Crippen molar-refractivity contribution in [1.82, 2.24) is 4.90 Å². The van der Waals surface area contributed by atoms with Crippen LogP contribution in [0.15, 0.2) is 24.3 Å². The Bertz CT molecular complexity index is 510. The monoisotopic (exact) mass is 284 g/mol. The van der Waals surface area contributed by atoms with Crippen LogP contribution in [0.4, 0.5) is 13.2 Å². The normalized spacial score (nSPS) is 23.8. The highest BCUT2D eigenvalue weighted by molar-refractivity contribution is 5.33. The number of aliphatic hydroxyl groups excluding tert-OH is 1. The van der Waals surface area contributed by atoms with E-state index in [1.807, 2.05) is 6.07 Å². The SMILES string of the molecule is N#CCCN1CC(O)CC1c1ccccc1C(F)(F)F. The molecular weight excluding hydrogens is 269 g/mol. The number of β-amino-alcohol motifs (C(OH)–C–C–N with tert-alkyl or cyclic N) is 1. The molecule has 20 heavy (non-hydrogen) atoms. The second kappa shape index (κ2) is 5.81. The smallest absolute Gasteiger partial charge is 0.392 e. The van der Waals surface area contributed by atoms with Gasteiger partial charge in [-0.2, -0.15) is 18.4 Å². The van der Waals surface area contributed by atoms with Crippen molar-refractivity contribution in [2.24, 2.45) is 0 Å². The molecule has 0 aliphatic carbocycles. The van der Waals surface area contributed by atoms with Gasteiger partial charge in [0.05, 0.1) is 17.7 Å². The van der Waals surface area contributed by atoms with Gasteiger partial charge in [0, 0.05) is 25.6 Å². The molecule has 1 aromatic carbocycles. The van der Waals surface area contributed by atoms with Crippen LogP contribution in [0.3, 0.4) is 0 Å². The lowest BCUT2D eigenvalue weighted by Crippen LogP contribution is -2.27. The Labute approximate surface area is 115 Å². The molecule has 1 aromatic rings. The van der Waals surface area contributed by atoms with Gasteiger partial charge in [-0.3, -0.25) is 4.90 Å². The highest BCUT2D eigenvalue weighted by Crippen LogP contribution is 2.40. The van der Waals surface area contributed by atoms with Gasteiger partial charge < -0.3 is 5.11 Å². The second-order valence-corrected chi connectivity index (χ2v) is 4.89. The molecule has 1 heterocycles. The molecule has 0 saturated carbocycles. The number of hydrogen-bond acceptors (Lipinski definition) is 3. The first-order valence-electron chi connectivity index (χ1n) is 6.38. The number of aliphatic hydroxyl groups is 1. The lowest BCUT2D eigenvalue weighted by atomic mass is 9.97. The first-order chi connectivity index (χ1) is 9.43. The summed E-state index contributed by atoms with van der Waals surface area (Å²) in [5.41, 5.74) is -0.490. The molecule has 6 heteroatoms. The predicted molar refractivity (Wildman–Crippen MR) is 66.6 cm³/mol. The third kappa shape index (κ3) is 3.11. The van der Waals surface area contributed by atoms with Crippen molar-refractivity contribution in [2.75, 3.05) is 13.1 Å². The Morgan fingerprint density at radius 2 is 2.05 bits per heavy atom. The van der Waals surface area contributed by atoms with Crippen molar-refractivity contribution in [1.29, 1.82) is 5.26 Å². The van der Waals surface area contributed by atoms with E-state index in [2.05, 4.69) is 0 Å². The lowest BCUT2D eigenvalue weighted by molar-refractivity contribution is -0.138.